The van der Waals surface area contributed by atoms with Gasteiger partial charge in [0.25, 0.3) is 5.91 Å². The number of anilines is 1. The lowest BCUT2D eigenvalue weighted by atomic mass is 10.2. The normalized spacial score (nSPS) is 15.6. The number of rotatable bonds is 3. The Morgan fingerprint density at radius 2 is 1.95 bits per heavy atom. The summed E-state index contributed by atoms with van der Waals surface area (Å²) in [5, 5.41) is 10.5. The molecule has 0 N–H and O–H groups in total. The molecule has 20 heavy (non-hydrogen) atoms. The fourth-order valence-corrected chi connectivity index (χ4v) is 2.00. The quantitative estimate of drug-likeness (QED) is 0.609. The van der Waals surface area contributed by atoms with Gasteiger partial charge in [-0.1, -0.05) is 0 Å². The second-order valence-electron chi connectivity index (χ2n) is 4.24. The van der Waals surface area contributed by atoms with Crippen LogP contribution in [0.2, 0.25) is 0 Å². The van der Waals surface area contributed by atoms with E-state index in [4.69, 9.17) is 0 Å². The predicted molar refractivity (Wildman–Crippen MR) is 65.7 cm³/mol. The molecule has 0 spiro atoms. The fraction of sp³-hybridized carbons (Fsp3) is 0.455. The average Bonchev–Trinajstić information content (AvgIpc) is 2.46. The predicted octanol–water partition coefficient (Wildman–Crippen LogP) is 0.903. The second kappa shape index (κ2) is 5.76. The number of nitro groups is 1. The van der Waals surface area contributed by atoms with Crippen molar-refractivity contribution in [2.24, 2.45) is 0 Å². The van der Waals surface area contributed by atoms with Gasteiger partial charge in [0.15, 0.2) is 6.20 Å². The molecule has 0 aliphatic carbocycles. The maximum atomic E-state index is 12.3. The first kappa shape index (κ1) is 14.1. The Morgan fingerprint density at radius 3 is 2.40 bits per heavy atom. The molecule has 0 saturated carbocycles. The van der Waals surface area contributed by atoms with Crippen LogP contribution in [0.15, 0.2) is 18.3 Å². The third-order valence-electron chi connectivity index (χ3n) is 3.06. The molecule has 7 nitrogen and oxygen atoms in total. The molecule has 1 aromatic rings. The number of carbonyl (C=O) groups is 1. The van der Waals surface area contributed by atoms with E-state index in [1.807, 2.05) is 4.90 Å². The Bertz CT molecular complexity index is 501. The zero-order chi connectivity index (χ0) is 14.7. The molecule has 2 rings (SSSR count). The summed E-state index contributed by atoms with van der Waals surface area (Å²) in [5.41, 5.74) is 0.666. The highest BCUT2D eigenvalue weighted by Crippen LogP contribution is 2.18. The number of hydrogen-bond donors (Lipinski definition) is 0. The summed E-state index contributed by atoms with van der Waals surface area (Å²) < 4.78 is 24.5. The van der Waals surface area contributed by atoms with Gasteiger partial charge in [0, 0.05) is 32.2 Å². The highest BCUT2D eigenvalue weighted by atomic mass is 19.3. The van der Waals surface area contributed by atoms with E-state index in [0.29, 0.717) is 18.8 Å². The van der Waals surface area contributed by atoms with Crippen molar-refractivity contribution in [2.75, 3.05) is 31.1 Å². The van der Waals surface area contributed by atoms with E-state index in [9.17, 15) is 23.7 Å². The standard InChI is InChI=1S/C11H12F2N4O3/c12-10(13)11(18)16-5-3-15(4-6-16)8-1-2-9(14-7-8)17(19)20/h1-2,7,10H,3-6H2. The van der Waals surface area contributed by atoms with Gasteiger partial charge in [-0.25, -0.2) is 0 Å². The van der Waals surface area contributed by atoms with Gasteiger partial charge in [0.1, 0.15) is 0 Å². The summed E-state index contributed by atoms with van der Waals surface area (Å²) in [6.07, 6.45) is -1.62. The number of halogens is 2. The van der Waals surface area contributed by atoms with E-state index in [-0.39, 0.29) is 18.9 Å². The van der Waals surface area contributed by atoms with Crippen molar-refractivity contribution in [1.82, 2.24) is 9.88 Å². The van der Waals surface area contributed by atoms with Gasteiger partial charge < -0.3 is 19.9 Å². The van der Waals surface area contributed by atoms with Crippen molar-refractivity contribution in [1.29, 1.82) is 0 Å². The Morgan fingerprint density at radius 1 is 1.30 bits per heavy atom. The average molecular weight is 286 g/mol. The minimum atomic E-state index is -2.98. The molecule has 1 aliphatic rings. The lowest BCUT2D eigenvalue weighted by molar-refractivity contribution is -0.389. The number of nitrogens with zero attached hydrogens (tertiary/aromatic N) is 4. The molecular formula is C11H12F2N4O3. The van der Waals surface area contributed by atoms with E-state index < -0.39 is 17.3 Å². The van der Waals surface area contributed by atoms with Gasteiger partial charge in [0.05, 0.1) is 5.69 Å². The van der Waals surface area contributed by atoms with Crippen LogP contribution < -0.4 is 4.90 Å². The zero-order valence-electron chi connectivity index (χ0n) is 10.4. The van der Waals surface area contributed by atoms with Crippen LogP contribution in [0.4, 0.5) is 20.3 Å². The number of pyridine rings is 1. The molecule has 2 heterocycles. The van der Waals surface area contributed by atoms with E-state index in [1.165, 1.54) is 12.3 Å². The first-order valence-corrected chi connectivity index (χ1v) is 5.91. The van der Waals surface area contributed by atoms with Gasteiger partial charge in [-0.15, -0.1) is 0 Å². The zero-order valence-corrected chi connectivity index (χ0v) is 10.4. The lowest BCUT2D eigenvalue weighted by Gasteiger charge is -2.35. The van der Waals surface area contributed by atoms with Gasteiger partial charge in [-0.05, 0) is 16.0 Å². The van der Waals surface area contributed by atoms with Crippen LogP contribution in [0.1, 0.15) is 0 Å². The van der Waals surface area contributed by atoms with Crippen LogP contribution in [-0.4, -0.2) is 53.3 Å². The fourth-order valence-electron chi connectivity index (χ4n) is 2.00. The Balaban J connectivity index is 1.97. The molecule has 0 aromatic carbocycles. The molecule has 1 amide bonds. The summed E-state index contributed by atoms with van der Waals surface area (Å²) in [6.45, 7) is 1.16. The molecule has 0 bridgehead atoms. The van der Waals surface area contributed by atoms with Crippen molar-refractivity contribution in [3.63, 3.8) is 0 Å². The highest BCUT2D eigenvalue weighted by Gasteiger charge is 2.27. The van der Waals surface area contributed by atoms with Crippen molar-refractivity contribution in [3.05, 3.63) is 28.4 Å². The highest BCUT2D eigenvalue weighted by molar-refractivity contribution is 5.79. The summed E-state index contributed by atoms with van der Waals surface area (Å²) in [5.74, 6) is -1.41. The number of carbonyl (C=O) groups excluding carboxylic acids is 1. The molecular weight excluding hydrogens is 274 g/mol. The smallest absolute Gasteiger partial charge is 0.363 e. The minimum absolute atomic E-state index is 0.195. The largest absolute Gasteiger partial charge is 0.365 e. The van der Waals surface area contributed by atoms with Crippen molar-refractivity contribution < 1.29 is 18.5 Å². The molecule has 0 unspecified atom stereocenters. The third-order valence-corrected chi connectivity index (χ3v) is 3.06. The molecule has 1 aromatic heterocycles. The van der Waals surface area contributed by atoms with Crippen molar-refractivity contribution in [3.8, 4) is 0 Å². The van der Waals surface area contributed by atoms with Crippen LogP contribution in [-0.2, 0) is 4.79 Å². The monoisotopic (exact) mass is 286 g/mol. The SMILES string of the molecule is O=C(C(F)F)N1CCN(c2ccc([N+](=O)[O-])nc2)CC1. The molecule has 0 atom stereocenters. The van der Waals surface area contributed by atoms with Crippen LogP contribution in [0.3, 0.4) is 0 Å². The van der Waals surface area contributed by atoms with Crippen LogP contribution in [0.5, 0.6) is 0 Å². The number of alkyl halides is 2. The molecule has 9 heteroatoms. The summed E-state index contributed by atoms with van der Waals surface area (Å²) in [7, 11) is 0. The maximum Gasteiger partial charge on any atom is 0.363 e. The van der Waals surface area contributed by atoms with Gasteiger partial charge in [0.2, 0.25) is 0 Å². The first-order valence-electron chi connectivity index (χ1n) is 5.91. The summed E-state index contributed by atoms with van der Waals surface area (Å²) >= 11 is 0. The lowest BCUT2D eigenvalue weighted by Crippen LogP contribution is -2.50. The van der Waals surface area contributed by atoms with Crippen LogP contribution in [0.25, 0.3) is 0 Å². The summed E-state index contributed by atoms with van der Waals surface area (Å²) in [6, 6.07) is 2.84. The number of amides is 1. The van der Waals surface area contributed by atoms with E-state index >= 15 is 0 Å². The van der Waals surface area contributed by atoms with Crippen molar-refractivity contribution >= 4 is 17.4 Å². The third kappa shape index (κ3) is 2.98. The van der Waals surface area contributed by atoms with Crippen LogP contribution >= 0.6 is 0 Å². The van der Waals surface area contributed by atoms with Gasteiger partial charge in [-0.3, -0.25) is 4.79 Å². The van der Waals surface area contributed by atoms with Crippen LogP contribution in [0, 0.1) is 10.1 Å². The molecule has 0 radical (unpaired) electrons. The Hall–Kier alpha value is -2.32. The van der Waals surface area contributed by atoms with Crippen molar-refractivity contribution in [2.45, 2.75) is 6.43 Å². The van der Waals surface area contributed by atoms with E-state index in [2.05, 4.69) is 4.98 Å². The first-order chi connectivity index (χ1) is 9.49. The molecule has 1 saturated heterocycles. The Labute approximate surface area is 113 Å². The number of aromatic nitrogens is 1. The van der Waals surface area contributed by atoms with Gasteiger partial charge in [-0.2, -0.15) is 8.78 Å². The van der Waals surface area contributed by atoms with E-state index in [1.54, 1.807) is 6.07 Å². The second-order valence-corrected chi connectivity index (χ2v) is 4.24. The van der Waals surface area contributed by atoms with Gasteiger partial charge >= 0.3 is 12.2 Å². The topological polar surface area (TPSA) is 79.6 Å². The molecule has 1 aliphatic heterocycles. The number of hydrogen-bond acceptors (Lipinski definition) is 5. The number of piperazine rings is 1. The summed E-state index contributed by atoms with van der Waals surface area (Å²) in [4.78, 5) is 27.7. The minimum Gasteiger partial charge on any atom is -0.365 e. The van der Waals surface area contributed by atoms with E-state index in [0.717, 1.165) is 4.90 Å². The maximum absolute atomic E-state index is 12.3. The molecule has 1 fully saturated rings. The molecule has 108 valence electrons. The Kier molecular flexibility index (Phi) is 4.06.